The number of hydrogen-bond donors (Lipinski definition) is 5. The van der Waals surface area contributed by atoms with Gasteiger partial charge in [0.05, 0.1) is 0 Å². The second-order valence-electron chi connectivity index (χ2n) is 8.96. The van der Waals surface area contributed by atoms with Gasteiger partial charge in [-0.3, -0.25) is 13.9 Å². The molecule has 13 nitrogen and oxygen atoms in total. The van der Waals surface area contributed by atoms with Gasteiger partial charge in [-0.25, -0.2) is 13.8 Å². The maximum absolute atomic E-state index is 15.9. The second-order valence-corrected chi connectivity index (χ2v) is 10.6. The number of hydrogen-bond acceptors (Lipinski definition) is 10. The zero-order valence-corrected chi connectivity index (χ0v) is 21.1. The quantitative estimate of drug-likeness (QED) is 0.241. The summed E-state index contributed by atoms with van der Waals surface area (Å²) in [6.45, 7) is 0.890. The molecule has 0 amide bonds. The summed E-state index contributed by atoms with van der Waals surface area (Å²) in [5, 5.41) is 34.2. The van der Waals surface area contributed by atoms with Crippen molar-refractivity contribution in [2.75, 3.05) is 12.3 Å². The number of nitrogens with one attached hydrogen (secondary N) is 1. The van der Waals surface area contributed by atoms with Crippen LogP contribution in [0.1, 0.15) is 20.1 Å². The molecule has 1 fully saturated rings. The first kappa shape index (κ1) is 27.6. The van der Waals surface area contributed by atoms with Crippen LogP contribution in [0.3, 0.4) is 0 Å². The number of ether oxygens (including phenoxy) is 1. The maximum Gasteiger partial charge on any atom is 0.459 e. The Balaban J connectivity index is 1.64. The molecule has 0 saturated carbocycles. The number of rotatable bonds is 9. The number of benzene rings is 2. The summed E-state index contributed by atoms with van der Waals surface area (Å²) in [6, 6.07) is 11.4. The fraction of sp³-hybridized carbons (Fsp3) is 0.348. The number of alkyl halides is 1. The monoisotopic (exact) mass is 552 g/mol. The van der Waals surface area contributed by atoms with Gasteiger partial charge in [0.1, 0.15) is 35.9 Å². The SMILES string of the molecule is C[C@H](N[P@@](=O)(OC[C@@]1(F)O[C@@H](n2ccc(N)nc2=O)[C@](C)(O)[C@@H]1O)Oc1cccc2ccccc12)C(=O)O. The lowest BCUT2D eigenvalue weighted by Crippen LogP contribution is -2.50. The minimum atomic E-state index is -4.67. The van der Waals surface area contributed by atoms with Crippen LogP contribution in [-0.2, 0) is 18.6 Å². The number of aliphatic hydroxyl groups excluding tert-OH is 1. The molecule has 1 aliphatic heterocycles. The zero-order valence-electron chi connectivity index (χ0n) is 20.2. The van der Waals surface area contributed by atoms with Crippen LogP contribution in [0.4, 0.5) is 10.2 Å². The molecule has 1 aromatic heterocycles. The van der Waals surface area contributed by atoms with E-state index in [9.17, 15) is 29.5 Å². The molecular weight excluding hydrogens is 526 g/mol. The van der Waals surface area contributed by atoms with Crippen molar-refractivity contribution in [3.63, 3.8) is 0 Å². The first-order valence-electron chi connectivity index (χ1n) is 11.3. The summed E-state index contributed by atoms with van der Waals surface area (Å²) < 4.78 is 46.4. The number of nitrogens with two attached hydrogens (primary N) is 1. The van der Waals surface area contributed by atoms with Gasteiger partial charge >= 0.3 is 19.4 Å². The van der Waals surface area contributed by atoms with Gasteiger partial charge in [-0.05, 0) is 31.4 Å². The van der Waals surface area contributed by atoms with Crippen molar-refractivity contribution in [3.8, 4) is 5.75 Å². The number of halogens is 1. The number of carboxylic acids is 1. The normalized spacial score (nSPS) is 27.6. The number of aliphatic carboxylic acids is 1. The van der Waals surface area contributed by atoms with E-state index in [0.29, 0.717) is 10.8 Å². The first-order valence-corrected chi connectivity index (χ1v) is 12.8. The molecule has 0 aliphatic carbocycles. The molecule has 0 spiro atoms. The predicted octanol–water partition coefficient (Wildman–Crippen LogP) is 1.55. The molecule has 0 bridgehead atoms. The summed E-state index contributed by atoms with van der Waals surface area (Å²) in [5.41, 5.74) is 2.09. The van der Waals surface area contributed by atoms with E-state index in [1.54, 1.807) is 36.4 Å². The molecule has 1 aliphatic rings. The fourth-order valence-electron chi connectivity index (χ4n) is 3.96. The molecule has 3 aromatic rings. The van der Waals surface area contributed by atoms with Crippen molar-refractivity contribution in [2.45, 2.75) is 43.7 Å². The number of nitrogen functional groups attached to an aromatic ring is 1. The van der Waals surface area contributed by atoms with E-state index in [1.807, 2.05) is 0 Å². The average molecular weight is 552 g/mol. The first-order chi connectivity index (χ1) is 17.8. The Morgan fingerprint density at radius 2 is 2.00 bits per heavy atom. The van der Waals surface area contributed by atoms with Crippen molar-refractivity contribution in [1.82, 2.24) is 14.6 Å². The Hall–Kier alpha value is -3.39. The number of carboxylic acid groups (broad SMARTS) is 1. The molecule has 1 saturated heterocycles. The molecular formula is C23H26FN4O9P. The highest BCUT2D eigenvalue weighted by Gasteiger charge is 2.64. The van der Waals surface area contributed by atoms with E-state index in [0.717, 1.165) is 24.6 Å². The minimum absolute atomic E-state index is 0.0432. The van der Waals surface area contributed by atoms with E-state index in [4.69, 9.17) is 19.5 Å². The number of carbonyl (C=O) groups is 1. The lowest BCUT2D eigenvalue weighted by molar-refractivity contribution is -0.203. The summed E-state index contributed by atoms with van der Waals surface area (Å²) in [5.74, 6) is -4.72. The van der Waals surface area contributed by atoms with Crippen LogP contribution in [0.5, 0.6) is 5.75 Å². The summed E-state index contributed by atoms with van der Waals surface area (Å²) in [7, 11) is -4.67. The van der Waals surface area contributed by atoms with Gasteiger partial charge in [0.15, 0.2) is 6.23 Å². The Morgan fingerprint density at radius 1 is 1.32 bits per heavy atom. The van der Waals surface area contributed by atoms with E-state index in [-0.39, 0.29) is 11.6 Å². The number of aromatic nitrogens is 2. The molecule has 2 heterocycles. The highest BCUT2D eigenvalue weighted by Crippen LogP contribution is 2.51. The van der Waals surface area contributed by atoms with Crippen LogP contribution in [0.15, 0.2) is 59.5 Å². The Labute approximate surface area is 215 Å². The van der Waals surface area contributed by atoms with Crippen molar-refractivity contribution in [3.05, 3.63) is 65.2 Å². The number of fused-ring (bicyclic) bond motifs is 1. The molecule has 6 N–H and O–H groups in total. The van der Waals surface area contributed by atoms with E-state index in [1.165, 1.54) is 12.1 Å². The molecule has 6 atom stereocenters. The topological polar surface area (TPSA) is 195 Å². The van der Waals surface area contributed by atoms with Gasteiger partial charge in [0.2, 0.25) is 0 Å². The molecule has 4 rings (SSSR count). The van der Waals surface area contributed by atoms with Gasteiger partial charge in [0, 0.05) is 11.6 Å². The number of nitrogens with zero attached hydrogens (tertiary/aromatic N) is 2. The zero-order chi connectivity index (χ0) is 27.9. The average Bonchev–Trinajstić information content (AvgIpc) is 3.03. The van der Waals surface area contributed by atoms with Crippen LogP contribution < -0.4 is 21.0 Å². The molecule has 204 valence electrons. The van der Waals surface area contributed by atoms with Gasteiger partial charge in [-0.1, -0.05) is 36.4 Å². The predicted molar refractivity (Wildman–Crippen MR) is 132 cm³/mol. The summed E-state index contributed by atoms with van der Waals surface area (Å²) >= 11 is 0. The van der Waals surface area contributed by atoms with Crippen LogP contribution >= 0.6 is 7.75 Å². The van der Waals surface area contributed by atoms with Gasteiger partial charge in [-0.15, -0.1) is 0 Å². The molecule has 0 unspecified atom stereocenters. The standard InChI is InChI=1S/C23H26FN4O9P/c1-13(18(29)30)27-38(34,37-16-9-5-7-14-6-3-4-8-15(14)16)35-12-23(24)19(31)22(2,33)20(36-23)28-11-10-17(25)26-21(28)32/h3-11,13,19-20,31,33H,12H2,1-2H3,(H,27,34)(H,29,30)(H2,25,26,32)/t13-,19-,20+,22+,23+,38+/m0/s1. The third kappa shape index (κ3) is 5.27. The third-order valence-electron chi connectivity index (χ3n) is 6.00. The lowest BCUT2D eigenvalue weighted by atomic mass is 9.95. The van der Waals surface area contributed by atoms with Crippen LogP contribution in [0.25, 0.3) is 10.8 Å². The van der Waals surface area contributed by atoms with E-state index in [2.05, 4.69) is 10.1 Å². The number of aliphatic hydroxyl groups is 2. The van der Waals surface area contributed by atoms with Crippen molar-refractivity contribution in [2.24, 2.45) is 0 Å². The van der Waals surface area contributed by atoms with Crippen LogP contribution in [0, 0.1) is 0 Å². The van der Waals surface area contributed by atoms with Gasteiger partial charge in [0.25, 0.3) is 5.85 Å². The van der Waals surface area contributed by atoms with Crippen molar-refractivity contribution < 1.29 is 42.9 Å². The smallest absolute Gasteiger partial charge is 0.459 e. The fourth-order valence-corrected chi connectivity index (χ4v) is 5.49. The highest BCUT2D eigenvalue weighted by molar-refractivity contribution is 7.52. The lowest BCUT2D eigenvalue weighted by Gasteiger charge is -2.29. The van der Waals surface area contributed by atoms with Gasteiger partial charge in [-0.2, -0.15) is 10.1 Å². The molecule has 2 aromatic carbocycles. The van der Waals surface area contributed by atoms with E-state index < -0.39 is 55.8 Å². The van der Waals surface area contributed by atoms with Crippen molar-refractivity contribution >= 4 is 30.3 Å². The Bertz CT molecular complexity index is 1460. The molecule has 38 heavy (non-hydrogen) atoms. The minimum Gasteiger partial charge on any atom is -0.480 e. The Kier molecular flexibility index (Phi) is 7.32. The van der Waals surface area contributed by atoms with Crippen LogP contribution in [0.2, 0.25) is 0 Å². The highest BCUT2D eigenvalue weighted by atomic mass is 31.2. The number of anilines is 1. The van der Waals surface area contributed by atoms with Crippen LogP contribution in [-0.4, -0.2) is 61.0 Å². The summed E-state index contributed by atoms with van der Waals surface area (Å²) in [6.07, 6.45) is -3.00. The molecule has 15 heteroatoms. The van der Waals surface area contributed by atoms with Crippen molar-refractivity contribution in [1.29, 1.82) is 0 Å². The van der Waals surface area contributed by atoms with Gasteiger partial charge < -0.3 is 30.3 Å². The largest absolute Gasteiger partial charge is 0.480 e. The summed E-state index contributed by atoms with van der Waals surface area (Å²) in [4.78, 5) is 27.2. The Morgan fingerprint density at radius 3 is 2.68 bits per heavy atom. The third-order valence-corrected chi connectivity index (χ3v) is 7.60. The molecule has 0 radical (unpaired) electrons. The second kappa shape index (κ2) is 10.1. The maximum atomic E-state index is 15.9. The van der Waals surface area contributed by atoms with E-state index >= 15 is 4.39 Å².